The second-order valence-corrected chi connectivity index (χ2v) is 10.3. The van der Waals surface area contributed by atoms with Gasteiger partial charge < -0.3 is 4.57 Å². The van der Waals surface area contributed by atoms with Crippen LogP contribution in [0.4, 0.5) is 0 Å². The summed E-state index contributed by atoms with van der Waals surface area (Å²) in [5.74, 6) is 1.94. The molecule has 1 aliphatic heterocycles. The molecule has 33 heavy (non-hydrogen) atoms. The molecular weight excluding hydrogens is 434 g/mol. The van der Waals surface area contributed by atoms with Crippen molar-refractivity contribution in [2.24, 2.45) is 5.92 Å². The van der Waals surface area contributed by atoms with E-state index in [9.17, 15) is 4.21 Å². The van der Waals surface area contributed by atoms with Crippen LogP contribution >= 0.6 is 0 Å². The molecule has 5 rings (SSSR count). The lowest BCUT2D eigenvalue weighted by atomic mass is 9.84. The van der Waals surface area contributed by atoms with Gasteiger partial charge in [0.25, 0.3) is 0 Å². The van der Waals surface area contributed by atoms with Crippen LogP contribution in [-0.4, -0.2) is 33.7 Å². The van der Waals surface area contributed by atoms with Crippen molar-refractivity contribution < 1.29 is 4.21 Å². The van der Waals surface area contributed by atoms with Crippen molar-refractivity contribution in [3.05, 3.63) is 48.3 Å². The van der Waals surface area contributed by atoms with E-state index in [1.165, 1.54) is 0 Å². The highest BCUT2D eigenvalue weighted by Gasteiger charge is 2.39. The Morgan fingerprint density at radius 2 is 1.88 bits per heavy atom. The van der Waals surface area contributed by atoms with E-state index in [4.69, 9.17) is 4.98 Å². The standard InChI is InChI=1S/C24H27N7OS/c1-6-31-22(17-11-25-15(4)26-12-17)29-21-20(27-13-28-23(21)31)16-7-8-19-18(9-16)24(5,10-14(2)3)30-33(19)32/h7-9,11-14,30H,6,10H2,1-5H3. The number of hydrogen-bond donors (Lipinski definition) is 1. The predicted octanol–water partition coefficient (Wildman–Crippen LogP) is 4.17. The molecule has 0 fully saturated rings. The summed E-state index contributed by atoms with van der Waals surface area (Å²) in [4.78, 5) is 23.6. The molecule has 0 radical (unpaired) electrons. The van der Waals surface area contributed by atoms with E-state index < -0.39 is 11.0 Å². The van der Waals surface area contributed by atoms with E-state index in [2.05, 4.69) is 63.0 Å². The Balaban J connectivity index is 1.68. The number of nitrogens with one attached hydrogen (secondary N) is 1. The van der Waals surface area contributed by atoms with Crippen molar-refractivity contribution in [2.75, 3.05) is 0 Å². The van der Waals surface area contributed by atoms with E-state index in [1.54, 1.807) is 18.7 Å². The minimum Gasteiger partial charge on any atom is -0.309 e. The Hall–Kier alpha value is -3.04. The SMILES string of the molecule is CCn1c(-c2cnc(C)nc2)nc2c(-c3ccc4c(c3)C(C)(CC(C)C)NS4=O)ncnc21. The van der Waals surface area contributed by atoms with Crippen LogP contribution in [0.15, 0.2) is 41.8 Å². The van der Waals surface area contributed by atoms with Gasteiger partial charge in [-0.2, -0.15) is 0 Å². The molecule has 1 N–H and O–H groups in total. The number of aromatic nitrogens is 6. The van der Waals surface area contributed by atoms with Crippen molar-refractivity contribution in [1.82, 2.24) is 34.2 Å². The summed E-state index contributed by atoms with van der Waals surface area (Å²) in [6, 6.07) is 6.02. The van der Waals surface area contributed by atoms with Gasteiger partial charge in [0.15, 0.2) is 5.65 Å². The van der Waals surface area contributed by atoms with Gasteiger partial charge in [-0.15, -0.1) is 0 Å². The molecule has 0 spiro atoms. The minimum absolute atomic E-state index is 0.357. The number of aryl methyl sites for hydroxylation is 2. The van der Waals surface area contributed by atoms with Gasteiger partial charge in [-0.3, -0.25) is 0 Å². The maximum atomic E-state index is 12.7. The smallest absolute Gasteiger partial charge is 0.164 e. The fraction of sp³-hybridized carbons (Fsp3) is 0.375. The first-order valence-electron chi connectivity index (χ1n) is 11.2. The van der Waals surface area contributed by atoms with Crippen molar-refractivity contribution in [3.63, 3.8) is 0 Å². The summed E-state index contributed by atoms with van der Waals surface area (Å²) in [5.41, 5.74) is 4.73. The molecule has 4 heterocycles. The highest BCUT2D eigenvalue weighted by Crippen LogP contribution is 2.40. The van der Waals surface area contributed by atoms with Gasteiger partial charge >= 0.3 is 0 Å². The molecule has 1 aliphatic rings. The van der Waals surface area contributed by atoms with Gasteiger partial charge in [0.1, 0.15) is 40.2 Å². The number of rotatable bonds is 5. The van der Waals surface area contributed by atoms with Gasteiger partial charge in [0.2, 0.25) is 0 Å². The van der Waals surface area contributed by atoms with Crippen LogP contribution in [0.5, 0.6) is 0 Å². The van der Waals surface area contributed by atoms with Crippen LogP contribution in [0.2, 0.25) is 0 Å². The van der Waals surface area contributed by atoms with Gasteiger partial charge in [-0.05, 0) is 50.8 Å². The van der Waals surface area contributed by atoms with Gasteiger partial charge in [-0.25, -0.2) is 33.9 Å². The highest BCUT2D eigenvalue weighted by atomic mass is 32.2. The molecule has 2 unspecified atom stereocenters. The third-order valence-electron chi connectivity index (χ3n) is 6.07. The fourth-order valence-corrected chi connectivity index (χ4v) is 6.12. The zero-order valence-electron chi connectivity index (χ0n) is 19.5. The van der Waals surface area contributed by atoms with E-state index in [-0.39, 0.29) is 5.54 Å². The lowest BCUT2D eigenvalue weighted by Gasteiger charge is -2.27. The van der Waals surface area contributed by atoms with Crippen molar-refractivity contribution in [2.45, 2.75) is 58.0 Å². The molecule has 0 saturated heterocycles. The monoisotopic (exact) mass is 461 g/mol. The Kier molecular flexibility index (Phi) is 5.33. The molecule has 0 saturated carbocycles. The first kappa shape index (κ1) is 21.8. The summed E-state index contributed by atoms with van der Waals surface area (Å²) >= 11 is 0. The second kappa shape index (κ2) is 8.07. The summed E-state index contributed by atoms with van der Waals surface area (Å²) in [6.07, 6.45) is 6.04. The predicted molar refractivity (Wildman–Crippen MR) is 129 cm³/mol. The zero-order chi connectivity index (χ0) is 23.3. The minimum atomic E-state index is -1.22. The third kappa shape index (κ3) is 3.65. The molecule has 170 valence electrons. The summed E-state index contributed by atoms with van der Waals surface area (Å²) < 4.78 is 18.1. The molecule has 9 heteroatoms. The molecule has 3 aromatic heterocycles. The number of nitrogens with zero attached hydrogens (tertiary/aromatic N) is 6. The van der Waals surface area contributed by atoms with E-state index in [1.807, 2.05) is 19.1 Å². The van der Waals surface area contributed by atoms with Crippen molar-refractivity contribution in [1.29, 1.82) is 0 Å². The fourth-order valence-electron chi connectivity index (χ4n) is 4.73. The van der Waals surface area contributed by atoms with Crippen LogP contribution in [0.1, 0.15) is 45.5 Å². The quantitative estimate of drug-likeness (QED) is 0.479. The van der Waals surface area contributed by atoms with Crippen LogP contribution in [0.25, 0.3) is 33.8 Å². The maximum absolute atomic E-state index is 12.7. The molecule has 4 aromatic rings. The number of hydrogen-bond acceptors (Lipinski definition) is 6. The lowest BCUT2D eigenvalue weighted by Crippen LogP contribution is -2.35. The highest BCUT2D eigenvalue weighted by molar-refractivity contribution is 7.83. The largest absolute Gasteiger partial charge is 0.309 e. The van der Waals surface area contributed by atoms with E-state index in [0.717, 1.165) is 50.7 Å². The van der Waals surface area contributed by atoms with Crippen LogP contribution in [0, 0.1) is 12.8 Å². The molecule has 2 atom stereocenters. The molecule has 1 aromatic carbocycles. The third-order valence-corrected chi connectivity index (χ3v) is 7.46. The summed E-state index contributed by atoms with van der Waals surface area (Å²) in [5, 5.41) is 0. The Bertz CT molecular complexity index is 1380. The summed E-state index contributed by atoms with van der Waals surface area (Å²) in [6.45, 7) is 11.1. The molecular formula is C24H27N7OS. The van der Waals surface area contributed by atoms with Gasteiger partial charge in [0.05, 0.1) is 16.0 Å². The van der Waals surface area contributed by atoms with E-state index >= 15 is 0 Å². The number of benzene rings is 1. The molecule has 0 bridgehead atoms. The average Bonchev–Trinajstić information content (AvgIpc) is 3.28. The Morgan fingerprint density at radius 3 is 2.58 bits per heavy atom. The molecule has 0 amide bonds. The number of fused-ring (bicyclic) bond motifs is 2. The van der Waals surface area contributed by atoms with Gasteiger partial charge in [-0.1, -0.05) is 19.9 Å². The first-order valence-corrected chi connectivity index (χ1v) is 12.3. The normalized spacial score (nSPS) is 20.0. The first-order chi connectivity index (χ1) is 15.8. The second-order valence-electron chi connectivity index (χ2n) is 9.10. The average molecular weight is 462 g/mol. The number of imidazole rings is 1. The zero-order valence-corrected chi connectivity index (χ0v) is 20.3. The van der Waals surface area contributed by atoms with Crippen LogP contribution in [-0.2, 0) is 23.1 Å². The Morgan fingerprint density at radius 1 is 1.12 bits per heavy atom. The Labute approximate surface area is 195 Å². The molecule has 0 aliphatic carbocycles. The molecule has 8 nitrogen and oxygen atoms in total. The van der Waals surface area contributed by atoms with E-state index in [0.29, 0.717) is 18.3 Å². The maximum Gasteiger partial charge on any atom is 0.164 e. The van der Waals surface area contributed by atoms with Gasteiger partial charge in [0, 0.05) is 24.5 Å². The van der Waals surface area contributed by atoms with Crippen LogP contribution < -0.4 is 4.72 Å². The summed E-state index contributed by atoms with van der Waals surface area (Å²) in [7, 11) is -1.22. The topological polar surface area (TPSA) is 98.5 Å². The van der Waals surface area contributed by atoms with Crippen molar-refractivity contribution >= 4 is 22.1 Å². The van der Waals surface area contributed by atoms with Crippen molar-refractivity contribution in [3.8, 4) is 22.6 Å². The lowest BCUT2D eigenvalue weighted by molar-refractivity contribution is 0.357. The van der Waals surface area contributed by atoms with Crippen LogP contribution in [0.3, 0.4) is 0 Å².